The molecule has 0 amide bonds. The smallest absolute Gasteiger partial charge is 0.0956 e. The fraction of sp³-hybridized carbons (Fsp3) is 0.438. The van der Waals surface area contributed by atoms with Gasteiger partial charge in [0, 0.05) is 31.2 Å². The van der Waals surface area contributed by atoms with E-state index in [2.05, 4.69) is 21.7 Å². The number of rotatable bonds is 5. The van der Waals surface area contributed by atoms with Crippen LogP contribution in [0.25, 0.3) is 11.3 Å². The van der Waals surface area contributed by atoms with Gasteiger partial charge in [-0.25, -0.2) is 4.98 Å². The van der Waals surface area contributed by atoms with Crippen molar-refractivity contribution in [3.05, 3.63) is 42.4 Å². The van der Waals surface area contributed by atoms with Crippen LogP contribution in [0.5, 0.6) is 0 Å². The summed E-state index contributed by atoms with van der Waals surface area (Å²) < 4.78 is 7.72. The summed E-state index contributed by atoms with van der Waals surface area (Å²) in [6, 6.07) is 10.3. The first kappa shape index (κ1) is 13.3. The number of hydrogen-bond acceptors (Lipinski definition) is 3. The number of aliphatic hydroxyl groups is 1. The molecule has 1 unspecified atom stereocenters. The second-order valence-corrected chi connectivity index (χ2v) is 5.18. The lowest BCUT2D eigenvalue weighted by Crippen LogP contribution is -2.09. The summed E-state index contributed by atoms with van der Waals surface area (Å²) in [7, 11) is 0. The largest absolute Gasteiger partial charge is 0.396 e. The van der Waals surface area contributed by atoms with Crippen molar-refractivity contribution in [1.29, 1.82) is 0 Å². The van der Waals surface area contributed by atoms with Crippen LogP contribution in [0.15, 0.2) is 36.7 Å². The van der Waals surface area contributed by atoms with E-state index in [1.807, 2.05) is 24.5 Å². The number of imidazole rings is 1. The molecule has 2 aromatic rings. The molecule has 2 heterocycles. The number of ether oxygens (including phenoxy) is 1. The standard InChI is InChI=1S/C16H20N2O2/c19-9-4-8-18-12-17-15(13-5-2-1-3-6-13)16(18)14-7-10-20-11-14/h1-3,5-6,12,14,19H,4,7-11H2. The Labute approximate surface area is 119 Å². The van der Waals surface area contributed by atoms with Crippen LogP contribution in [0.4, 0.5) is 0 Å². The van der Waals surface area contributed by atoms with Crippen molar-refractivity contribution in [2.75, 3.05) is 19.8 Å². The molecule has 0 aliphatic carbocycles. The van der Waals surface area contributed by atoms with E-state index in [1.165, 1.54) is 5.69 Å². The zero-order chi connectivity index (χ0) is 13.8. The number of aryl methyl sites for hydroxylation is 1. The second kappa shape index (κ2) is 6.20. The fourth-order valence-electron chi connectivity index (χ4n) is 2.81. The Hall–Kier alpha value is -1.65. The highest BCUT2D eigenvalue weighted by Crippen LogP contribution is 2.33. The third-order valence-electron chi connectivity index (χ3n) is 3.80. The van der Waals surface area contributed by atoms with Crippen molar-refractivity contribution in [1.82, 2.24) is 9.55 Å². The van der Waals surface area contributed by atoms with Crippen LogP contribution in [-0.2, 0) is 11.3 Å². The first-order valence-corrected chi connectivity index (χ1v) is 7.19. The predicted octanol–water partition coefficient (Wildman–Crippen LogP) is 2.44. The Kier molecular flexibility index (Phi) is 4.14. The highest BCUT2D eigenvalue weighted by atomic mass is 16.5. The fourth-order valence-corrected chi connectivity index (χ4v) is 2.81. The molecule has 0 radical (unpaired) electrons. The van der Waals surface area contributed by atoms with E-state index in [0.717, 1.165) is 43.9 Å². The van der Waals surface area contributed by atoms with Gasteiger partial charge in [0.05, 0.1) is 24.3 Å². The van der Waals surface area contributed by atoms with Crippen LogP contribution in [0.3, 0.4) is 0 Å². The molecular weight excluding hydrogens is 252 g/mol. The van der Waals surface area contributed by atoms with Gasteiger partial charge in [0.1, 0.15) is 0 Å². The Morgan fingerprint density at radius 3 is 2.85 bits per heavy atom. The lowest BCUT2D eigenvalue weighted by molar-refractivity contribution is 0.193. The van der Waals surface area contributed by atoms with Gasteiger partial charge < -0.3 is 14.4 Å². The third-order valence-corrected chi connectivity index (χ3v) is 3.80. The van der Waals surface area contributed by atoms with Crippen LogP contribution >= 0.6 is 0 Å². The van der Waals surface area contributed by atoms with Gasteiger partial charge in [0.25, 0.3) is 0 Å². The summed E-state index contributed by atoms with van der Waals surface area (Å²) in [5.41, 5.74) is 3.46. The van der Waals surface area contributed by atoms with Gasteiger partial charge in [0.2, 0.25) is 0 Å². The van der Waals surface area contributed by atoms with Crippen molar-refractivity contribution in [2.45, 2.75) is 25.3 Å². The topological polar surface area (TPSA) is 47.3 Å². The summed E-state index contributed by atoms with van der Waals surface area (Å²) in [6.45, 7) is 2.61. The van der Waals surface area contributed by atoms with Gasteiger partial charge in [-0.1, -0.05) is 30.3 Å². The molecule has 1 N–H and O–H groups in total. The maximum absolute atomic E-state index is 9.05. The summed E-state index contributed by atoms with van der Waals surface area (Å²) in [6.07, 6.45) is 3.70. The van der Waals surface area contributed by atoms with Gasteiger partial charge in [-0.3, -0.25) is 0 Å². The Bertz CT molecular complexity index is 545. The molecule has 4 heteroatoms. The quantitative estimate of drug-likeness (QED) is 0.909. The van der Waals surface area contributed by atoms with Crippen LogP contribution in [0.1, 0.15) is 24.5 Å². The van der Waals surface area contributed by atoms with E-state index in [0.29, 0.717) is 5.92 Å². The van der Waals surface area contributed by atoms with Crippen molar-refractivity contribution in [3.63, 3.8) is 0 Å². The summed E-state index contributed by atoms with van der Waals surface area (Å²) in [4.78, 5) is 4.61. The second-order valence-electron chi connectivity index (χ2n) is 5.18. The molecule has 4 nitrogen and oxygen atoms in total. The first-order valence-electron chi connectivity index (χ1n) is 7.19. The van der Waals surface area contributed by atoms with E-state index in [1.54, 1.807) is 0 Å². The van der Waals surface area contributed by atoms with Crippen LogP contribution < -0.4 is 0 Å². The zero-order valence-corrected chi connectivity index (χ0v) is 11.5. The van der Waals surface area contributed by atoms with E-state index in [-0.39, 0.29) is 6.61 Å². The highest BCUT2D eigenvalue weighted by molar-refractivity contribution is 5.62. The minimum absolute atomic E-state index is 0.208. The lowest BCUT2D eigenvalue weighted by Gasteiger charge is -2.14. The molecule has 1 aromatic heterocycles. The third kappa shape index (κ3) is 2.62. The van der Waals surface area contributed by atoms with Gasteiger partial charge in [-0.2, -0.15) is 0 Å². The van der Waals surface area contributed by atoms with Crippen LogP contribution in [0.2, 0.25) is 0 Å². The van der Waals surface area contributed by atoms with E-state index >= 15 is 0 Å². The van der Waals surface area contributed by atoms with Crippen molar-refractivity contribution < 1.29 is 9.84 Å². The first-order chi connectivity index (χ1) is 9.90. The van der Waals surface area contributed by atoms with Crippen molar-refractivity contribution >= 4 is 0 Å². The summed E-state index contributed by atoms with van der Waals surface area (Å²) in [5.74, 6) is 0.409. The summed E-state index contributed by atoms with van der Waals surface area (Å²) in [5, 5.41) is 9.05. The molecular formula is C16H20N2O2. The lowest BCUT2D eigenvalue weighted by atomic mass is 9.99. The average molecular weight is 272 g/mol. The zero-order valence-electron chi connectivity index (χ0n) is 11.5. The molecule has 1 atom stereocenters. The van der Waals surface area contributed by atoms with E-state index in [4.69, 9.17) is 9.84 Å². The molecule has 1 aliphatic rings. The SMILES string of the molecule is OCCCn1cnc(-c2ccccc2)c1C1CCOC1. The molecule has 0 spiro atoms. The minimum atomic E-state index is 0.208. The van der Waals surface area contributed by atoms with E-state index in [9.17, 15) is 0 Å². The van der Waals surface area contributed by atoms with Crippen molar-refractivity contribution in [3.8, 4) is 11.3 Å². The average Bonchev–Trinajstić information content (AvgIpc) is 3.14. The Morgan fingerprint density at radius 1 is 1.30 bits per heavy atom. The van der Waals surface area contributed by atoms with Crippen LogP contribution in [-0.4, -0.2) is 34.5 Å². The molecule has 0 saturated carbocycles. The Morgan fingerprint density at radius 2 is 2.15 bits per heavy atom. The molecule has 3 rings (SSSR count). The Balaban J connectivity index is 1.98. The number of aliphatic hydroxyl groups excluding tert-OH is 1. The van der Waals surface area contributed by atoms with Crippen molar-refractivity contribution in [2.24, 2.45) is 0 Å². The monoisotopic (exact) mass is 272 g/mol. The van der Waals surface area contributed by atoms with E-state index < -0.39 is 0 Å². The van der Waals surface area contributed by atoms with Gasteiger partial charge in [-0.15, -0.1) is 0 Å². The number of nitrogens with zero attached hydrogens (tertiary/aromatic N) is 2. The summed E-state index contributed by atoms with van der Waals surface area (Å²) >= 11 is 0. The molecule has 0 bridgehead atoms. The number of benzene rings is 1. The number of hydrogen-bond donors (Lipinski definition) is 1. The molecule has 20 heavy (non-hydrogen) atoms. The van der Waals surface area contributed by atoms with Crippen LogP contribution in [0, 0.1) is 0 Å². The molecule has 1 saturated heterocycles. The normalized spacial score (nSPS) is 18.6. The molecule has 1 aromatic carbocycles. The molecule has 1 aliphatic heterocycles. The molecule has 106 valence electrons. The highest BCUT2D eigenvalue weighted by Gasteiger charge is 2.25. The van der Waals surface area contributed by atoms with Gasteiger partial charge in [-0.05, 0) is 12.8 Å². The van der Waals surface area contributed by atoms with Gasteiger partial charge >= 0.3 is 0 Å². The maximum atomic E-state index is 9.05. The van der Waals surface area contributed by atoms with Gasteiger partial charge in [0.15, 0.2) is 0 Å². The molecule has 1 fully saturated rings. The number of aromatic nitrogens is 2. The maximum Gasteiger partial charge on any atom is 0.0956 e. The predicted molar refractivity (Wildman–Crippen MR) is 77.5 cm³/mol. The minimum Gasteiger partial charge on any atom is -0.396 e.